The highest BCUT2D eigenvalue weighted by Gasteiger charge is 2.40. The molecule has 160 valence electrons. The molecule has 0 aromatic carbocycles. The molecule has 30 heavy (non-hydrogen) atoms. The molecule has 10 heteroatoms. The molecule has 0 atom stereocenters. The molecule has 1 aliphatic rings. The van der Waals surface area contributed by atoms with Gasteiger partial charge < -0.3 is 9.84 Å². The lowest BCUT2D eigenvalue weighted by atomic mass is 9.90. The van der Waals surface area contributed by atoms with Gasteiger partial charge in [0.05, 0.1) is 24.9 Å². The van der Waals surface area contributed by atoms with Gasteiger partial charge in [-0.1, -0.05) is 0 Å². The van der Waals surface area contributed by atoms with E-state index in [4.69, 9.17) is 4.74 Å². The molecule has 1 N–H and O–H groups in total. The molecule has 0 bridgehead atoms. The van der Waals surface area contributed by atoms with E-state index in [1.165, 1.54) is 13.3 Å². The standard InChI is InChI=1S/C20H20F3N3O4/c1-10-7-24-13(11(2)18(10)30-3)9-26-8-12(19(25-26)20(21,22)23)17(29)16-14(27)5-4-6-15(16)28/h7-8,29H,4-6,9H2,1-3H3. The molecule has 0 spiro atoms. The number of pyridine rings is 1. The molecule has 1 fully saturated rings. The summed E-state index contributed by atoms with van der Waals surface area (Å²) in [6.45, 7) is 3.39. The molecule has 0 unspecified atom stereocenters. The van der Waals surface area contributed by atoms with Gasteiger partial charge in [-0.25, -0.2) is 0 Å². The second kappa shape index (κ2) is 7.92. The lowest BCUT2D eigenvalue weighted by Crippen LogP contribution is -2.21. The van der Waals surface area contributed by atoms with Gasteiger partial charge in [-0.3, -0.25) is 19.3 Å². The summed E-state index contributed by atoms with van der Waals surface area (Å²) < 4.78 is 47.0. The number of ether oxygens (including phenoxy) is 1. The number of halogens is 3. The van der Waals surface area contributed by atoms with Crippen LogP contribution in [0.1, 0.15) is 47.3 Å². The molecular formula is C20H20F3N3O4. The van der Waals surface area contributed by atoms with E-state index in [9.17, 15) is 27.9 Å². The number of carbonyl (C=O) groups is 2. The molecule has 0 saturated heterocycles. The summed E-state index contributed by atoms with van der Waals surface area (Å²) in [5, 5.41) is 14.0. The van der Waals surface area contributed by atoms with Gasteiger partial charge in [-0.2, -0.15) is 18.3 Å². The number of Topliss-reactive ketones (excluding diaryl/α,β-unsaturated/α-hetero) is 2. The maximum Gasteiger partial charge on any atom is 0.435 e. The quantitative estimate of drug-likeness (QED) is 0.459. The molecule has 1 saturated carbocycles. The second-order valence-corrected chi connectivity index (χ2v) is 7.06. The zero-order valence-corrected chi connectivity index (χ0v) is 16.6. The van der Waals surface area contributed by atoms with Gasteiger partial charge in [0.1, 0.15) is 17.1 Å². The number of aryl methyl sites for hydroxylation is 1. The minimum absolute atomic E-state index is 0.00705. The van der Waals surface area contributed by atoms with Crippen molar-refractivity contribution in [2.24, 2.45) is 0 Å². The van der Waals surface area contributed by atoms with Crippen LogP contribution in [0.15, 0.2) is 18.0 Å². The minimum atomic E-state index is -4.90. The van der Waals surface area contributed by atoms with Gasteiger partial charge in [0.25, 0.3) is 0 Å². The molecule has 3 rings (SSSR count). The van der Waals surface area contributed by atoms with Crippen molar-refractivity contribution < 1.29 is 32.6 Å². The third-order valence-electron chi connectivity index (χ3n) is 4.95. The van der Waals surface area contributed by atoms with E-state index in [1.807, 2.05) is 0 Å². The first-order valence-corrected chi connectivity index (χ1v) is 9.18. The topological polar surface area (TPSA) is 94.3 Å². The molecule has 0 radical (unpaired) electrons. The number of aliphatic hydroxyl groups excluding tert-OH is 1. The van der Waals surface area contributed by atoms with E-state index in [-0.39, 0.29) is 19.4 Å². The fourth-order valence-electron chi connectivity index (χ4n) is 3.48. The third kappa shape index (κ3) is 3.94. The van der Waals surface area contributed by atoms with Crippen molar-refractivity contribution in [2.75, 3.05) is 7.11 Å². The Hall–Kier alpha value is -3.17. The van der Waals surface area contributed by atoms with E-state index in [1.54, 1.807) is 13.8 Å². The van der Waals surface area contributed by atoms with Crippen LogP contribution in [0.2, 0.25) is 0 Å². The largest absolute Gasteiger partial charge is 0.506 e. The molecule has 2 heterocycles. The molecular weight excluding hydrogens is 403 g/mol. The van der Waals surface area contributed by atoms with E-state index in [2.05, 4.69) is 10.1 Å². The summed E-state index contributed by atoms with van der Waals surface area (Å²) in [6, 6.07) is 0. The van der Waals surface area contributed by atoms with Crippen LogP contribution in [0.3, 0.4) is 0 Å². The maximum atomic E-state index is 13.6. The van der Waals surface area contributed by atoms with Crippen molar-refractivity contribution in [1.82, 2.24) is 14.8 Å². The zero-order valence-electron chi connectivity index (χ0n) is 16.6. The fraction of sp³-hybridized carbons (Fsp3) is 0.400. The molecule has 7 nitrogen and oxygen atoms in total. The number of carbonyl (C=O) groups excluding carboxylic acids is 2. The summed E-state index contributed by atoms with van der Waals surface area (Å²) in [6.07, 6.45) is -2.11. The van der Waals surface area contributed by atoms with Crippen molar-refractivity contribution in [1.29, 1.82) is 0 Å². The van der Waals surface area contributed by atoms with Gasteiger partial charge in [0, 0.05) is 36.4 Å². The monoisotopic (exact) mass is 423 g/mol. The lowest BCUT2D eigenvalue weighted by molar-refractivity contribution is -0.142. The van der Waals surface area contributed by atoms with Gasteiger partial charge in [-0.05, 0) is 20.3 Å². The van der Waals surface area contributed by atoms with Crippen LogP contribution in [0.25, 0.3) is 5.76 Å². The van der Waals surface area contributed by atoms with Crippen LogP contribution >= 0.6 is 0 Å². The van der Waals surface area contributed by atoms with Crippen molar-refractivity contribution in [3.63, 3.8) is 0 Å². The number of rotatable bonds is 4. The summed E-state index contributed by atoms with van der Waals surface area (Å²) in [4.78, 5) is 28.3. The Bertz CT molecular complexity index is 1040. The van der Waals surface area contributed by atoms with Crippen LogP contribution in [0, 0.1) is 13.8 Å². The Morgan fingerprint density at radius 2 is 1.87 bits per heavy atom. The van der Waals surface area contributed by atoms with Crippen LogP contribution in [0.5, 0.6) is 5.75 Å². The van der Waals surface area contributed by atoms with Crippen LogP contribution in [0.4, 0.5) is 13.2 Å². The highest BCUT2D eigenvalue weighted by atomic mass is 19.4. The van der Waals surface area contributed by atoms with Crippen molar-refractivity contribution in [3.8, 4) is 5.75 Å². The smallest absolute Gasteiger partial charge is 0.435 e. The highest BCUT2D eigenvalue weighted by Crippen LogP contribution is 2.36. The number of alkyl halides is 3. The summed E-state index contributed by atoms with van der Waals surface area (Å²) in [7, 11) is 1.48. The fourth-order valence-corrected chi connectivity index (χ4v) is 3.48. The number of nitrogens with zero attached hydrogens (tertiary/aromatic N) is 3. The van der Waals surface area contributed by atoms with E-state index >= 15 is 0 Å². The number of hydrogen-bond donors (Lipinski definition) is 1. The first-order valence-electron chi connectivity index (χ1n) is 9.18. The Kier molecular flexibility index (Phi) is 5.69. The van der Waals surface area contributed by atoms with Crippen molar-refractivity contribution in [2.45, 2.75) is 45.8 Å². The average Bonchev–Trinajstić information content (AvgIpc) is 3.09. The van der Waals surface area contributed by atoms with Gasteiger partial charge in [0.2, 0.25) is 0 Å². The Morgan fingerprint density at radius 1 is 1.23 bits per heavy atom. The van der Waals surface area contributed by atoms with Crippen molar-refractivity contribution >= 4 is 17.3 Å². The minimum Gasteiger partial charge on any atom is -0.506 e. The van der Waals surface area contributed by atoms with Gasteiger partial charge in [-0.15, -0.1) is 0 Å². The molecule has 2 aromatic heterocycles. The van der Waals surface area contributed by atoms with Gasteiger partial charge >= 0.3 is 6.18 Å². The molecule has 0 amide bonds. The Morgan fingerprint density at radius 3 is 2.43 bits per heavy atom. The Balaban J connectivity index is 2.09. The van der Waals surface area contributed by atoms with Crippen molar-refractivity contribution in [3.05, 3.63) is 46.0 Å². The number of aliphatic hydroxyl groups is 1. The number of methoxy groups -OCH3 is 1. The van der Waals surface area contributed by atoms with E-state index < -0.39 is 40.3 Å². The number of allylic oxidation sites excluding steroid dienone is 1. The first kappa shape index (κ1) is 21.5. The summed E-state index contributed by atoms with van der Waals surface area (Å²) >= 11 is 0. The Labute approximate surface area is 170 Å². The first-order chi connectivity index (χ1) is 14.0. The normalized spacial score (nSPS) is 14.9. The maximum absolute atomic E-state index is 13.6. The second-order valence-electron chi connectivity index (χ2n) is 7.06. The highest BCUT2D eigenvalue weighted by molar-refractivity contribution is 6.25. The number of ketones is 2. The SMILES string of the molecule is COc1c(C)cnc(Cn2cc(C(O)=C3C(=O)CCCC3=O)c(C(F)(F)F)n2)c1C. The average molecular weight is 423 g/mol. The van der Waals surface area contributed by atoms with E-state index in [0.717, 1.165) is 16.4 Å². The predicted molar refractivity (Wildman–Crippen MR) is 100 cm³/mol. The molecule has 0 aliphatic heterocycles. The van der Waals surface area contributed by atoms with Crippen LogP contribution < -0.4 is 4.74 Å². The molecule has 2 aromatic rings. The lowest BCUT2D eigenvalue weighted by Gasteiger charge is -2.14. The van der Waals surface area contributed by atoms with Gasteiger partial charge in [0.15, 0.2) is 17.3 Å². The third-order valence-corrected chi connectivity index (χ3v) is 4.95. The summed E-state index contributed by atoms with van der Waals surface area (Å²) in [5.74, 6) is -1.78. The number of aromatic nitrogens is 3. The number of hydrogen-bond acceptors (Lipinski definition) is 6. The van der Waals surface area contributed by atoms with Crippen LogP contribution in [-0.2, 0) is 22.3 Å². The van der Waals surface area contributed by atoms with E-state index in [0.29, 0.717) is 23.4 Å². The zero-order chi connectivity index (χ0) is 22.2. The van der Waals surface area contributed by atoms with Crippen LogP contribution in [-0.4, -0.2) is 38.5 Å². The predicted octanol–water partition coefficient (Wildman–Crippen LogP) is 3.56. The molecule has 1 aliphatic carbocycles. The summed E-state index contributed by atoms with van der Waals surface area (Å²) in [5.41, 5.74) is -0.848.